The molecule has 5 nitrogen and oxygen atoms in total. The highest BCUT2D eigenvalue weighted by Gasteiger charge is 2.40. The topological polar surface area (TPSA) is 64.2 Å². The molecule has 3 atom stereocenters. The van der Waals surface area contributed by atoms with Crippen LogP contribution in [0.15, 0.2) is 24.3 Å². The van der Waals surface area contributed by atoms with Gasteiger partial charge in [0.15, 0.2) is 0 Å². The summed E-state index contributed by atoms with van der Waals surface area (Å²) in [7, 11) is 0. The van der Waals surface area contributed by atoms with Crippen molar-refractivity contribution >= 4 is 16.9 Å². The van der Waals surface area contributed by atoms with Crippen molar-refractivity contribution in [3.8, 4) is 0 Å². The highest BCUT2D eigenvalue weighted by atomic mass is 16.2. The highest BCUT2D eigenvalue weighted by molar-refractivity contribution is 5.81. The number of rotatable bonds is 4. The van der Waals surface area contributed by atoms with Crippen LogP contribution in [-0.2, 0) is 11.3 Å². The molecular formula is C20H28N4O. The number of nitrogens with two attached hydrogens (primary N) is 1. The fourth-order valence-electron chi connectivity index (χ4n) is 4.84. The molecule has 2 N–H and O–H groups in total. The second-order valence-electron chi connectivity index (χ2n) is 7.43. The first-order chi connectivity index (χ1) is 12.2. The first kappa shape index (κ1) is 16.6. The number of para-hydroxylation sites is 2. The molecule has 134 valence electrons. The van der Waals surface area contributed by atoms with Crippen LogP contribution in [0.3, 0.4) is 0 Å². The molecule has 2 aliphatic rings. The number of imidazole rings is 1. The lowest BCUT2D eigenvalue weighted by atomic mass is 9.94. The zero-order valence-electron chi connectivity index (χ0n) is 15.0. The lowest BCUT2D eigenvalue weighted by molar-refractivity contribution is -0.137. The van der Waals surface area contributed by atoms with Crippen LogP contribution in [0.1, 0.15) is 50.9 Å². The third-order valence-electron chi connectivity index (χ3n) is 6.11. The van der Waals surface area contributed by atoms with Crippen molar-refractivity contribution in [2.75, 3.05) is 13.1 Å². The average molecular weight is 340 g/mol. The average Bonchev–Trinajstić information content (AvgIpc) is 3.37. The predicted octanol–water partition coefficient (Wildman–Crippen LogP) is 3.09. The van der Waals surface area contributed by atoms with Crippen LogP contribution in [0.5, 0.6) is 0 Å². The van der Waals surface area contributed by atoms with Gasteiger partial charge in [0.05, 0.1) is 17.1 Å². The summed E-state index contributed by atoms with van der Waals surface area (Å²) in [6.07, 6.45) is 5.29. The van der Waals surface area contributed by atoms with Crippen molar-refractivity contribution < 1.29 is 4.79 Å². The molecule has 1 unspecified atom stereocenters. The summed E-state index contributed by atoms with van der Waals surface area (Å²) in [6, 6.07) is 8.38. The number of aromatic nitrogens is 2. The van der Waals surface area contributed by atoms with Crippen LogP contribution in [0.4, 0.5) is 0 Å². The van der Waals surface area contributed by atoms with Crippen molar-refractivity contribution in [3.05, 3.63) is 30.1 Å². The molecule has 0 spiro atoms. The number of likely N-dealkylation sites (tertiary alicyclic amines) is 1. The molecular weight excluding hydrogens is 312 g/mol. The Hall–Kier alpha value is -1.88. The zero-order valence-corrected chi connectivity index (χ0v) is 15.0. The molecule has 1 aromatic heterocycles. The fraction of sp³-hybridized carbons (Fsp3) is 0.600. The van der Waals surface area contributed by atoms with Crippen molar-refractivity contribution in [2.45, 2.75) is 51.6 Å². The van der Waals surface area contributed by atoms with E-state index in [1.807, 2.05) is 6.07 Å². The lowest BCUT2D eigenvalue weighted by Crippen LogP contribution is -2.39. The van der Waals surface area contributed by atoms with Crippen LogP contribution in [-0.4, -0.2) is 33.4 Å². The molecule has 2 fully saturated rings. The molecule has 1 aliphatic carbocycles. The standard InChI is InChI=1S/C20H28N4O/c1-2-23-17-10-4-3-9-16(17)22-19(23)18-11-6-12-24(18)20(25)15-8-5-7-14(15)13-21/h3-4,9-10,14-15,18H,2,5-8,11-13,21H2,1H3/t14-,15-,18?/m1/s1. The molecule has 1 amide bonds. The van der Waals surface area contributed by atoms with E-state index in [-0.39, 0.29) is 12.0 Å². The highest BCUT2D eigenvalue weighted by Crippen LogP contribution is 2.39. The number of benzene rings is 1. The van der Waals surface area contributed by atoms with E-state index >= 15 is 0 Å². The SMILES string of the molecule is CCn1c(C2CCCN2C(=O)[C@@H]2CCC[C@@H]2CN)nc2ccccc21. The third kappa shape index (κ3) is 2.74. The van der Waals surface area contributed by atoms with Crippen LogP contribution in [0.25, 0.3) is 11.0 Å². The van der Waals surface area contributed by atoms with Gasteiger partial charge in [-0.05, 0) is 57.2 Å². The number of carbonyl (C=O) groups excluding carboxylic acids is 1. The van der Waals surface area contributed by atoms with Crippen LogP contribution >= 0.6 is 0 Å². The number of nitrogens with zero attached hydrogens (tertiary/aromatic N) is 3. The fourth-order valence-corrected chi connectivity index (χ4v) is 4.84. The van der Waals surface area contributed by atoms with E-state index < -0.39 is 0 Å². The summed E-state index contributed by atoms with van der Waals surface area (Å²) in [5, 5.41) is 0. The van der Waals surface area contributed by atoms with E-state index in [0.717, 1.165) is 56.5 Å². The molecule has 0 radical (unpaired) electrons. The molecule has 2 aromatic rings. The molecule has 1 aromatic carbocycles. The maximum Gasteiger partial charge on any atom is 0.226 e. The van der Waals surface area contributed by atoms with Crippen molar-refractivity contribution in [1.29, 1.82) is 0 Å². The largest absolute Gasteiger partial charge is 0.332 e. The molecule has 1 saturated heterocycles. The van der Waals surface area contributed by atoms with Gasteiger partial charge in [-0.15, -0.1) is 0 Å². The smallest absolute Gasteiger partial charge is 0.226 e. The van der Waals surface area contributed by atoms with Gasteiger partial charge in [-0.1, -0.05) is 18.6 Å². The number of hydrogen-bond donors (Lipinski definition) is 1. The Kier molecular flexibility index (Phi) is 4.50. The quantitative estimate of drug-likeness (QED) is 0.930. The summed E-state index contributed by atoms with van der Waals surface area (Å²) in [6.45, 7) is 4.51. The van der Waals surface area contributed by atoms with Gasteiger partial charge in [-0.25, -0.2) is 4.98 Å². The molecule has 5 heteroatoms. The van der Waals surface area contributed by atoms with Crippen molar-refractivity contribution in [1.82, 2.24) is 14.5 Å². The lowest BCUT2D eigenvalue weighted by Gasteiger charge is -2.29. The van der Waals surface area contributed by atoms with E-state index in [2.05, 4.69) is 34.6 Å². The van der Waals surface area contributed by atoms with Gasteiger partial charge in [0.1, 0.15) is 5.82 Å². The Morgan fingerprint density at radius 1 is 1.24 bits per heavy atom. The number of carbonyl (C=O) groups is 1. The number of fused-ring (bicyclic) bond motifs is 1. The van der Waals surface area contributed by atoms with Crippen molar-refractivity contribution in [3.63, 3.8) is 0 Å². The van der Waals surface area contributed by atoms with E-state index in [1.54, 1.807) is 0 Å². The van der Waals surface area contributed by atoms with Gasteiger partial charge in [-0.3, -0.25) is 4.79 Å². The summed E-state index contributed by atoms with van der Waals surface area (Å²) >= 11 is 0. The summed E-state index contributed by atoms with van der Waals surface area (Å²) in [5.74, 6) is 1.84. The Morgan fingerprint density at radius 3 is 2.88 bits per heavy atom. The maximum atomic E-state index is 13.2. The second kappa shape index (κ2) is 6.79. The minimum atomic E-state index is 0.110. The molecule has 4 rings (SSSR count). The maximum absolute atomic E-state index is 13.2. The third-order valence-corrected chi connectivity index (χ3v) is 6.11. The number of aryl methyl sites for hydroxylation is 1. The van der Waals surface area contributed by atoms with Gasteiger partial charge in [-0.2, -0.15) is 0 Å². The molecule has 25 heavy (non-hydrogen) atoms. The Bertz CT molecular complexity index is 768. The Morgan fingerprint density at radius 2 is 2.08 bits per heavy atom. The zero-order chi connectivity index (χ0) is 17.4. The van der Waals surface area contributed by atoms with Crippen LogP contribution in [0, 0.1) is 11.8 Å². The molecule has 0 bridgehead atoms. The normalized spacial score (nSPS) is 26.6. The first-order valence-electron chi connectivity index (χ1n) is 9.70. The van der Waals surface area contributed by atoms with Gasteiger partial charge < -0.3 is 15.2 Å². The van der Waals surface area contributed by atoms with Gasteiger partial charge in [0, 0.05) is 19.0 Å². The molecule has 1 aliphatic heterocycles. The van der Waals surface area contributed by atoms with E-state index in [1.165, 1.54) is 5.52 Å². The molecule has 2 heterocycles. The minimum Gasteiger partial charge on any atom is -0.332 e. The first-order valence-corrected chi connectivity index (χ1v) is 9.70. The van der Waals surface area contributed by atoms with Gasteiger partial charge >= 0.3 is 0 Å². The van der Waals surface area contributed by atoms with E-state index in [4.69, 9.17) is 10.7 Å². The van der Waals surface area contributed by atoms with Gasteiger partial charge in [0.2, 0.25) is 5.91 Å². The number of hydrogen-bond acceptors (Lipinski definition) is 3. The summed E-state index contributed by atoms with van der Waals surface area (Å²) in [4.78, 5) is 20.3. The minimum absolute atomic E-state index is 0.110. The van der Waals surface area contributed by atoms with Crippen molar-refractivity contribution in [2.24, 2.45) is 17.6 Å². The second-order valence-corrected chi connectivity index (χ2v) is 7.43. The van der Waals surface area contributed by atoms with Gasteiger partial charge in [0.25, 0.3) is 0 Å². The van der Waals surface area contributed by atoms with Crippen LogP contribution < -0.4 is 5.73 Å². The Labute approximate surface area is 149 Å². The Balaban J connectivity index is 1.67. The number of amides is 1. The van der Waals surface area contributed by atoms with Crippen LogP contribution in [0.2, 0.25) is 0 Å². The monoisotopic (exact) mass is 340 g/mol. The summed E-state index contributed by atoms with van der Waals surface area (Å²) in [5.41, 5.74) is 8.11. The predicted molar refractivity (Wildman–Crippen MR) is 99.0 cm³/mol. The molecule has 1 saturated carbocycles. The van der Waals surface area contributed by atoms with E-state index in [9.17, 15) is 4.79 Å². The summed E-state index contributed by atoms with van der Waals surface area (Å²) < 4.78 is 2.28. The van der Waals surface area contributed by atoms with E-state index in [0.29, 0.717) is 18.4 Å².